The molecule has 0 heterocycles. The van der Waals surface area contributed by atoms with Crippen molar-refractivity contribution >= 4 is 34.7 Å². The molecule has 1 aromatic rings. The zero-order valence-corrected chi connectivity index (χ0v) is 8.02. The Bertz CT molecular complexity index is 317. The molecule has 0 fully saturated rings. The average Bonchev–Trinajstić information content (AvgIpc) is 1.96. The number of halogens is 2. The smallest absolute Gasteiger partial charge is 0.0965 e. The van der Waals surface area contributed by atoms with Gasteiger partial charge < -0.3 is 5.73 Å². The number of benzene rings is 1. The van der Waals surface area contributed by atoms with E-state index < -0.39 is 0 Å². The Morgan fingerprint density at radius 3 is 2.67 bits per heavy atom. The predicted molar refractivity (Wildman–Crippen MR) is 53.4 cm³/mol. The van der Waals surface area contributed by atoms with Gasteiger partial charge >= 0.3 is 0 Å². The van der Waals surface area contributed by atoms with Gasteiger partial charge in [0.05, 0.1) is 16.5 Å². The van der Waals surface area contributed by atoms with E-state index in [-0.39, 0.29) is 0 Å². The number of nitrogens with two attached hydrogens (primary N) is 1. The summed E-state index contributed by atoms with van der Waals surface area (Å²) in [4.78, 5) is 4.00. The minimum absolute atomic E-state index is 0.458. The Kier molecular flexibility index (Phi) is 2.95. The molecule has 0 aliphatic heterocycles. The van der Waals surface area contributed by atoms with Gasteiger partial charge in [-0.1, -0.05) is 23.2 Å². The topological polar surface area (TPSA) is 38.4 Å². The molecular weight excluding hydrogens is 195 g/mol. The molecule has 0 saturated carbocycles. The van der Waals surface area contributed by atoms with Crippen molar-refractivity contribution in [2.75, 3.05) is 0 Å². The highest BCUT2D eigenvalue weighted by molar-refractivity contribution is 6.35. The Morgan fingerprint density at radius 2 is 2.08 bits per heavy atom. The quantitative estimate of drug-likeness (QED) is 0.552. The maximum atomic E-state index is 5.82. The molecule has 0 bridgehead atoms. The van der Waals surface area contributed by atoms with Crippen LogP contribution in [-0.2, 0) is 0 Å². The first kappa shape index (κ1) is 9.36. The van der Waals surface area contributed by atoms with E-state index in [0.717, 1.165) is 0 Å². The Labute approximate surface area is 81.0 Å². The van der Waals surface area contributed by atoms with Crippen LogP contribution in [0.15, 0.2) is 23.2 Å². The highest BCUT2D eigenvalue weighted by Gasteiger charge is 1.98. The lowest BCUT2D eigenvalue weighted by molar-refractivity contribution is 1.45. The van der Waals surface area contributed by atoms with E-state index in [4.69, 9.17) is 28.9 Å². The molecule has 0 saturated heterocycles. The van der Waals surface area contributed by atoms with Crippen LogP contribution in [0.5, 0.6) is 0 Å². The molecule has 2 N–H and O–H groups in total. The number of hydrogen-bond acceptors (Lipinski definition) is 1. The SMILES string of the molecule is CC(N)=Nc1cc(Cl)ccc1Cl. The molecule has 0 atom stereocenters. The van der Waals surface area contributed by atoms with E-state index in [1.807, 2.05) is 0 Å². The van der Waals surface area contributed by atoms with Gasteiger partial charge in [-0.3, -0.25) is 0 Å². The minimum Gasteiger partial charge on any atom is -0.387 e. The summed E-state index contributed by atoms with van der Waals surface area (Å²) in [5.41, 5.74) is 5.99. The molecule has 1 aromatic carbocycles. The average molecular weight is 203 g/mol. The van der Waals surface area contributed by atoms with E-state index in [1.54, 1.807) is 25.1 Å². The second-order valence-corrected chi connectivity index (χ2v) is 3.19. The molecule has 0 spiro atoms. The molecule has 0 aliphatic carbocycles. The Morgan fingerprint density at radius 1 is 1.42 bits per heavy atom. The van der Waals surface area contributed by atoms with Gasteiger partial charge in [-0.25, -0.2) is 4.99 Å². The molecular formula is C8H8Cl2N2. The van der Waals surface area contributed by atoms with Crippen LogP contribution in [0.3, 0.4) is 0 Å². The van der Waals surface area contributed by atoms with Crippen LogP contribution in [0.2, 0.25) is 10.0 Å². The molecule has 0 amide bonds. The van der Waals surface area contributed by atoms with Crippen molar-refractivity contribution in [1.29, 1.82) is 0 Å². The maximum absolute atomic E-state index is 5.82. The third-order valence-electron chi connectivity index (χ3n) is 1.20. The highest BCUT2D eigenvalue weighted by atomic mass is 35.5. The number of rotatable bonds is 1. The fraction of sp³-hybridized carbons (Fsp3) is 0.125. The van der Waals surface area contributed by atoms with Crippen molar-refractivity contribution in [1.82, 2.24) is 0 Å². The van der Waals surface area contributed by atoms with Crippen LogP contribution < -0.4 is 5.73 Å². The molecule has 0 radical (unpaired) electrons. The molecule has 1 rings (SSSR count). The molecule has 0 unspecified atom stereocenters. The van der Waals surface area contributed by atoms with Crippen LogP contribution in [-0.4, -0.2) is 5.84 Å². The summed E-state index contributed by atoms with van der Waals surface area (Å²) in [6, 6.07) is 5.06. The van der Waals surface area contributed by atoms with Gasteiger partial charge in [0.15, 0.2) is 0 Å². The summed E-state index contributed by atoms with van der Waals surface area (Å²) in [7, 11) is 0. The monoisotopic (exact) mass is 202 g/mol. The van der Waals surface area contributed by atoms with Gasteiger partial charge in [0.25, 0.3) is 0 Å². The van der Waals surface area contributed by atoms with E-state index in [0.29, 0.717) is 21.6 Å². The molecule has 4 heteroatoms. The lowest BCUT2D eigenvalue weighted by Crippen LogP contribution is -2.03. The second-order valence-electron chi connectivity index (χ2n) is 2.35. The molecule has 64 valence electrons. The van der Waals surface area contributed by atoms with E-state index in [2.05, 4.69) is 4.99 Å². The number of nitrogens with zero attached hydrogens (tertiary/aromatic N) is 1. The summed E-state index contributed by atoms with van der Waals surface area (Å²) in [6.45, 7) is 1.69. The number of aliphatic imine (C=N–C) groups is 1. The van der Waals surface area contributed by atoms with Crippen LogP contribution >= 0.6 is 23.2 Å². The van der Waals surface area contributed by atoms with Gasteiger partial charge in [-0.05, 0) is 25.1 Å². The summed E-state index contributed by atoms with van der Waals surface area (Å²) >= 11 is 11.6. The lowest BCUT2D eigenvalue weighted by Gasteiger charge is -1.98. The van der Waals surface area contributed by atoms with E-state index >= 15 is 0 Å². The summed E-state index contributed by atoms with van der Waals surface area (Å²) in [6.07, 6.45) is 0. The van der Waals surface area contributed by atoms with E-state index in [9.17, 15) is 0 Å². The van der Waals surface area contributed by atoms with Crippen LogP contribution in [0.25, 0.3) is 0 Å². The lowest BCUT2D eigenvalue weighted by atomic mass is 10.3. The molecule has 12 heavy (non-hydrogen) atoms. The molecule has 2 nitrogen and oxygen atoms in total. The summed E-state index contributed by atoms with van der Waals surface area (Å²) in [5.74, 6) is 0.458. The molecule has 0 aliphatic rings. The maximum Gasteiger partial charge on any atom is 0.0965 e. The van der Waals surface area contributed by atoms with Crippen LogP contribution in [0.1, 0.15) is 6.92 Å². The van der Waals surface area contributed by atoms with Crippen LogP contribution in [0, 0.1) is 0 Å². The zero-order chi connectivity index (χ0) is 9.14. The number of hydrogen-bond donors (Lipinski definition) is 1. The number of amidine groups is 1. The fourth-order valence-electron chi connectivity index (χ4n) is 0.761. The van der Waals surface area contributed by atoms with Crippen molar-refractivity contribution in [3.8, 4) is 0 Å². The first-order valence-electron chi connectivity index (χ1n) is 3.35. The Balaban J connectivity index is 3.14. The molecule has 0 aromatic heterocycles. The van der Waals surface area contributed by atoms with Crippen molar-refractivity contribution < 1.29 is 0 Å². The van der Waals surface area contributed by atoms with Crippen LogP contribution in [0.4, 0.5) is 5.69 Å². The van der Waals surface area contributed by atoms with Crippen molar-refractivity contribution in [2.45, 2.75) is 6.92 Å². The third-order valence-corrected chi connectivity index (χ3v) is 1.76. The van der Waals surface area contributed by atoms with Gasteiger partial charge in [0.1, 0.15) is 0 Å². The summed E-state index contributed by atoms with van der Waals surface area (Å²) in [5, 5.41) is 1.14. The second kappa shape index (κ2) is 3.78. The minimum atomic E-state index is 0.458. The first-order valence-corrected chi connectivity index (χ1v) is 4.11. The van der Waals surface area contributed by atoms with Crippen molar-refractivity contribution in [3.05, 3.63) is 28.2 Å². The van der Waals surface area contributed by atoms with Gasteiger partial charge in [0, 0.05) is 5.02 Å². The third kappa shape index (κ3) is 2.40. The van der Waals surface area contributed by atoms with Gasteiger partial charge in [0.2, 0.25) is 0 Å². The van der Waals surface area contributed by atoms with Crippen molar-refractivity contribution in [2.24, 2.45) is 10.7 Å². The zero-order valence-electron chi connectivity index (χ0n) is 6.51. The Hall–Kier alpha value is -0.730. The van der Waals surface area contributed by atoms with Crippen molar-refractivity contribution in [3.63, 3.8) is 0 Å². The van der Waals surface area contributed by atoms with E-state index in [1.165, 1.54) is 0 Å². The summed E-state index contributed by atoms with van der Waals surface area (Å²) < 4.78 is 0. The predicted octanol–water partition coefficient (Wildman–Crippen LogP) is 3.00. The first-order chi connectivity index (χ1) is 5.59. The normalized spacial score (nSPS) is 11.8. The largest absolute Gasteiger partial charge is 0.387 e. The standard InChI is InChI=1S/C8H8Cl2N2/c1-5(11)12-8-4-6(9)2-3-7(8)10/h2-4H,1H3,(H2,11,12). The van der Waals surface area contributed by atoms with Gasteiger partial charge in [-0.2, -0.15) is 0 Å². The highest BCUT2D eigenvalue weighted by Crippen LogP contribution is 2.27. The van der Waals surface area contributed by atoms with Gasteiger partial charge in [-0.15, -0.1) is 0 Å². The fourth-order valence-corrected chi connectivity index (χ4v) is 1.09.